The van der Waals surface area contributed by atoms with E-state index in [1.807, 2.05) is 18.2 Å². The molecule has 0 saturated carbocycles. The average Bonchev–Trinajstić information content (AvgIpc) is 2.66. The quantitative estimate of drug-likeness (QED) is 0.586. The van der Waals surface area contributed by atoms with E-state index in [9.17, 15) is 8.42 Å². The molecular weight excluding hydrogens is 380 g/mol. The van der Waals surface area contributed by atoms with Gasteiger partial charge in [-0.1, -0.05) is 12.1 Å². The van der Waals surface area contributed by atoms with Crippen molar-refractivity contribution in [1.29, 1.82) is 0 Å². The third-order valence-electron chi connectivity index (χ3n) is 3.73. The van der Waals surface area contributed by atoms with Crippen molar-refractivity contribution in [2.45, 2.75) is 0 Å². The highest BCUT2D eigenvalue weighted by Crippen LogP contribution is 2.28. The van der Waals surface area contributed by atoms with Gasteiger partial charge in [0.15, 0.2) is 6.79 Å². The fraction of sp³-hybridized carbons (Fsp3) is 0.158. The Bertz CT molecular complexity index is 1070. The Labute approximate surface area is 163 Å². The number of hydrogen-bond acceptors (Lipinski definition) is 7. The molecular formula is C19H20N4O4S. The molecule has 0 aliphatic rings. The molecule has 8 nitrogen and oxygen atoms in total. The van der Waals surface area contributed by atoms with Gasteiger partial charge in [0.25, 0.3) is 0 Å². The van der Waals surface area contributed by atoms with Crippen LogP contribution in [0, 0.1) is 0 Å². The molecule has 0 spiro atoms. The van der Waals surface area contributed by atoms with Crippen molar-refractivity contribution < 1.29 is 17.9 Å². The fourth-order valence-corrected chi connectivity index (χ4v) is 3.10. The number of nitrogen functional groups attached to an aromatic ring is 1. The molecule has 0 atom stereocenters. The molecule has 2 aromatic carbocycles. The fourth-order valence-electron chi connectivity index (χ4n) is 2.54. The molecule has 9 heteroatoms. The van der Waals surface area contributed by atoms with Crippen molar-refractivity contribution in [3.05, 3.63) is 54.7 Å². The number of rotatable bonds is 7. The normalized spacial score (nSPS) is 11.2. The highest BCUT2D eigenvalue weighted by Gasteiger charge is 2.11. The van der Waals surface area contributed by atoms with E-state index < -0.39 is 10.0 Å². The predicted octanol–water partition coefficient (Wildman–Crippen LogP) is 2.75. The van der Waals surface area contributed by atoms with Gasteiger partial charge in [-0.05, 0) is 36.4 Å². The number of methoxy groups -OCH3 is 1. The molecule has 0 unspecified atom stereocenters. The number of ether oxygens (including phenoxy) is 2. The lowest BCUT2D eigenvalue weighted by Gasteiger charge is -2.10. The maximum Gasteiger partial charge on any atom is 0.229 e. The molecule has 0 aliphatic heterocycles. The van der Waals surface area contributed by atoms with Gasteiger partial charge in [0.1, 0.15) is 17.3 Å². The summed E-state index contributed by atoms with van der Waals surface area (Å²) >= 11 is 0. The van der Waals surface area contributed by atoms with Gasteiger partial charge in [-0.25, -0.2) is 18.4 Å². The van der Waals surface area contributed by atoms with E-state index in [0.717, 1.165) is 11.8 Å². The summed E-state index contributed by atoms with van der Waals surface area (Å²) in [4.78, 5) is 8.85. The van der Waals surface area contributed by atoms with Crippen molar-refractivity contribution >= 4 is 21.5 Å². The smallest absolute Gasteiger partial charge is 0.229 e. The maximum atomic E-state index is 11.5. The molecule has 146 valence electrons. The largest absolute Gasteiger partial charge is 0.468 e. The third kappa shape index (κ3) is 4.96. The summed E-state index contributed by atoms with van der Waals surface area (Å²) < 4.78 is 35.6. The average molecular weight is 400 g/mol. The zero-order valence-electron chi connectivity index (χ0n) is 15.4. The lowest BCUT2D eigenvalue weighted by Crippen LogP contribution is -2.09. The Kier molecular flexibility index (Phi) is 5.76. The molecule has 1 aromatic heterocycles. The summed E-state index contributed by atoms with van der Waals surface area (Å²) in [7, 11) is -1.82. The molecule has 0 amide bonds. The second kappa shape index (κ2) is 8.24. The van der Waals surface area contributed by atoms with Crippen LogP contribution in [0.3, 0.4) is 0 Å². The topological polar surface area (TPSA) is 116 Å². The third-order valence-corrected chi connectivity index (χ3v) is 4.34. The first-order valence-electron chi connectivity index (χ1n) is 8.28. The summed E-state index contributed by atoms with van der Waals surface area (Å²) in [6.07, 6.45) is 2.65. The monoisotopic (exact) mass is 400 g/mol. The van der Waals surface area contributed by atoms with E-state index >= 15 is 0 Å². The van der Waals surface area contributed by atoms with E-state index in [-0.39, 0.29) is 6.79 Å². The Balaban J connectivity index is 1.93. The van der Waals surface area contributed by atoms with Crippen molar-refractivity contribution in [1.82, 2.24) is 9.97 Å². The van der Waals surface area contributed by atoms with E-state index in [2.05, 4.69) is 14.7 Å². The van der Waals surface area contributed by atoms with Crippen LogP contribution in [-0.4, -0.2) is 38.5 Å². The van der Waals surface area contributed by atoms with Gasteiger partial charge in [0.2, 0.25) is 10.0 Å². The standard InChI is InChI=1S/C19H20N4O4S/c1-26-12-27-16-8-6-13(7-9-16)18-19(20)21-11-17(22-18)14-4-3-5-15(10-14)23-28(2,24)25/h3-11,23H,12H2,1-2H3,(H2,20,21). The molecule has 3 rings (SSSR count). The maximum absolute atomic E-state index is 11.5. The first kappa shape index (κ1) is 19.6. The summed E-state index contributed by atoms with van der Waals surface area (Å²) in [6.45, 7) is 0.161. The highest BCUT2D eigenvalue weighted by molar-refractivity contribution is 7.92. The van der Waals surface area contributed by atoms with Crippen LogP contribution in [0.25, 0.3) is 22.5 Å². The number of nitrogens with zero attached hydrogens (tertiary/aromatic N) is 2. The van der Waals surface area contributed by atoms with Crippen LogP contribution < -0.4 is 15.2 Å². The van der Waals surface area contributed by atoms with Crippen molar-refractivity contribution in [2.24, 2.45) is 0 Å². The number of anilines is 2. The minimum absolute atomic E-state index is 0.161. The summed E-state index contributed by atoms with van der Waals surface area (Å²) in [5.74, 6) is 0.951. The van der Waals surface area contributed by atoms with Gasteiger partial charge >= 0.3 is 0 Å². The van der Waals surface area contributed by atoms with Crippen molar-refractivity contribution in [3.63, 3.8) is 0 Å². The van der Waals surface area contributed by atoms with E-state index in [0.29, 0.717) is 34.2 Å². The summed E-state index contributed by atoms with van der Waals surface area (Å²) in [5, 5.41) is 0. The molecule has 3 N–H and O–H groups in total. The zero-order valence-corrected chi connectivity index (χ0v) is 16.2. The van der Waals surface area contributed by atoms with Crippen LogP contribution >= 0.6 is 0 Å². The van der Waals surface area contributed by atoms with Gasteiger partial charge < -0.3 is 15.2 Å². The molecule has 1 heterocycles. The number of aromatic nitrogens is 2. The number of nitrogens with two attached hydrogens (primary N) is 1. The highest BCUT2D eigenvalue weighted by atomic mass is 32.2. The van der Waals surface area contributed by atoms with Crippen LogP contribution in [-0.2, 0) is 14.8 Å². The number of benzene rings is 2. The lowest BCUT2D eigenvalue weighted by molar-refractivity contribution is 0.0511. The molecule has 3 aromatic rings. The van der Waals surface area contributed by atoms with Crippen LogP contribution in [0.2, 0.25) is 0 Å². The molecule has 0 bridgehead atoms. The molecule has 28 heavy (non-hydrogen) atoms. The Morgan fingerprint density at radius 3 is 2.54 bits per heavy atom. The van der Waals surface area contributed by atoms with Crippen LogP contribution in [0.1, 0.15) is 0 Å². The predicted molar refractivity (Wildman–Crippen MR) is 108 cm³/mol. The number of hydrogen-bond donors (Lipinski definition) is 2. The Morgan fingerprint density at radius 2 is 1.86 bits per heavy atom. The van der Waals surface area contributed by atoms with Crippen molar-refractivity contribution in [2.75, 3.05) is 30.6 Å². The Hall–Kier alpha value is -3.17. The van der Waals surface area contributed by atoms with Gasteiger partial charge in [-0.15, -0.1) is 0 Å². The van der Waals surface area contributed by atoms with Gasteiger partial charge in [-0.3, -0.25) is 4.72 Å². The SMILES string of the molecule is COCOc1ccc(-c2nc(-c3cccc(NS(C)(=O)=O)c3)cnc2N)cc1. The van der Waals surface area contributed by atoms with Gasteiger partial charge in [0, 0.05) is 23.9 Å². The van der Waals surface area contributed by atoms with Crippen LogP contribution in [0.5, 0.6) is 5.75 Å². The summed E-state index contributed by atoms with van der Waals surface area (Å²) in [6, 6.07) is 14.1. The second-order valence-electron chi connectivity index (χ2n) is 6.02. The minimum Gasteiger partial charge on any atom is -0.468 e. The first-order valence-corrected chi connectivity index (χ1v) is 10.2. The van der Waals surface area contributed by atoms with Crippen LogP contribution in [0.4, 0.5) is 11.5 Å². The number of nitrogens with one attached hydrogen (secondary N) is 1. The second-order valence-corrected chi connectivity index (χ2v) is 7.77. The van der Waals surface area contributed by atoms with Crippen LogP contribution in [0.15, 0.2) is 54.7 Å². The molecule has 0 radical (unpaired) electrons. The van der Waals surface area contributed by atoms with Gasteiger partial charge in [-0.2, -0.15) is 0 Å². The molecule has 0 aliphatic carbocycles. The molecule has 0 saturated heterocycles. The van der Waals surface area contributed by atoms with E-state index in [1.54, 1.807) is 43.6 Å². The molecule has 0 fully saturated rings. The van der Waals surface area contributed by atoms with E-state index in [1.165, 1.54) is 0 Å². The minimum atomic E-state index is -3.37. The van der Waals surface area contributed by atoms with E-state index in [4.69, 9.17) is 15.2 Å². The lowest BCUT2D eigenvalue weighted by atomic mass is 10.1. The number of sulfonamides is 1. The Morgan fingerprint density at radius 1 is 1.11 bits per heavy atom. The zero-order chi connectivity index (χ0) is 20.1. The first-order chi connectivity index (χ1) is 13.4. The van der Waals surface area contributed by atoms with Gasteiger partial charge in [0.05, 0.1) is 18.1 Å². The summed E-state index contributed by atoms with van der Waals surface area (Å²) in [5.41, 5.74) is 9.04. The van der Waals surface area contributed by atoms with Crippen molar-refractivity contribution in [3.8, 4) is 28.3 Å².